The summed E-state index contributed by atoms with van der Waals surface area (Å²) >= 11 is 0. The van der Waals surface area contributed by atoms with Crippen LogP contribution in [0.25, 0.3) is 68.6 Å². The van der Waals surface area contributed by atoms with Crippen LogP contribution in [0.3, 0.4) is 0 Å². The molecule has 0 N–H and O–H groups in total. The smallest absolute Gasteiger partial charge is 0.0541 e. The lowest BCUT2D eigenvalue weighted by Crippen LogP contribution is -1.97. The van der Waals surface area contributed by atoms with E-state index in [4.69, 9.17) is 0 Å². The molecule has 2 heterocycles. The predicted molar refractivity (Wildman–Crippen MR) is 171 cm³/mol. The van der Waals surface area contributed by atoms with Crippen molar-refractivity contribution < 1.29 is 0 Å². The third kappa shape index (κ3) is 3.57. The van der Waals surface area contributed by atoms with Crippen molar-refractivity contribution in [1.82, 2.24) is 9.13 Å². The third-order valence-electron chi connectivity index (χ3n) is 8.15. The highest BCUT2D eigenvalue weighted by molar-refractivity contribution is 5.97. The molecule has 0 unspecified atom stereocenters. The highest BCUT2D eigenvalue weighted by Gasteiger charge is 2.17. The molecule has 0 spiro atoms. The second-order valence-electron chi connectivity index (χ2n) is 10.5. The Morgan fingerprint density at radius 3 is 1.25 bits per heavy atom. The van der Waals surface area contributed by atoms with Gasteiger partial charge in [-0.1, -0.05) is 97.1 Å². The predicted octanol–water partition coefficient (Wildman–Crippen LogP) is 10.1. The van der Waals surface area contributed by atoms with Gasteiger partial charge < -0.3 is 9.13 Å². The number of fused-ring (bicyclic) bond motifs is 6. The number of aromatic nitrogens is 2. The second kappa shape index (κ2) is 9.29. The van der Waals surface area contributed by atoms with Gasteiger partial charge in [-0.25, -0.2) is 0 Å². The molecule has 0 aliphatic heterocycles. The minimum atomic E-state index is 0.965. The number of allylic oxidation sites excluding steroid dienone is 4. The highest BCUT2D eigenvalue weighted by atomic mass is 15.0. The van der Waals surface area contributed by atoms with E-state index < -0.39 is 0 Å². The van der Waals surface area contributed by atoms with E-state index in [2.05, 4.69) is 155 Å². The van der Waals surface area contributed by atoms with Crippen LogP contribution >= 0.6 is 0 Å². The summed E-state index contributed by atoms with van der Waals surface area (Å²) in [6, 6.07) is 35.3. The summed E-state index contributed by atoms with van der Waals surface area (Å²) in [5.74, 6) is 0. The minimum absolute atomic E-state index is 0.965. The number of hydrogen-bond acceptors (Lipinski definition) is 0. The highest BCUT2D eigenvalue weighted by Crippen LogP contribution is 2.35. The van der Waals surface area contributed by atoms with Crippen LogP contribution < -0.4 is 0 Å². The summed E-state index contributed by atoms with van der Waals surface area (Å²) in [7, 11) is 0. The fourth-order valence-corrected chi connectivity index (χ4v) is 6.30. The fourth-order valence-electron chi connectivity index (χ4n) is 6.30. The molecule has 2 aliphatic carbocycles. The number of benzene rings is 4. The topological polar surface area (TPSA) is 9.86 Å². The van der Waals surface area contributed by atoms with Crippen LogP contribution in [0, 0.1) is 0 Å². The number of para-hydroxylation sites is 2. The Morgan fingerprint density at radius 1 is 0.400 bits per heavy atom. The van der Waals surface area contributed by atoms with E-state index >= 15 is 0 Å². The SMILES string of the molecule is C1=Cc2c(n(-c3ccc(-c4ccc(-n5c6c(c7ccccc75)C=CCC=C6)cc4)cc3)c3ccccc23)C=CC1. The van der Waals surface area contributed by atoms with Gasteiger partial charge in [-0.05, 0) is 72.5 Å². The van der Waals surface area contributed by atoms with Gasteiger partial charge in [-0.15, -0.1) is 0 Å². The summed E-state index contributed by atoms with van der Waals surface area (Å²) in [6.07, 6.45) is 20.0. The van der Waals surface area contributed by atoms with Gasteiger partial charge in [0, 0.05) is 33.3 Å². The Hall–Kier alpha value is -5.08. The van der Waals surface area contributed by atoms with Crippen molar-refractivity contribution in [2.24, 2.45) is 0 Å². The first-order chi connectivity index (χ1) is 19.9. The van der Waals surface area contributed by atoms with Crippen molar-refractivity contribution in [2.75, 3.05) is 0 Å². The van der Waals surface area contributed by atoms with Crippen LogP contribution in [0.5, 0.6) is 0 Å². The molecule has 0 amide bonds. The Kier molecular flexibility index (Phi) is 5.31. The van der Waals surface area contributed by atoms with Crippen LogP contribution in [0.1, 0.15) is 35.4 Å². The van der Waals surface area contributed by atoms with Crippen molar-refractivity contribution in [2.45, 2.75) is 12.8 Å². The molecule has 0 fully saturated rings. The Balaban J connectivity index is 1.18. The molecule has 190 valence electrons. The van der Waals surface area contributed by atoms with Gasteiger partial charge in [-0.3, -0.25) is 0 Å². The maximum Gasteiger partial charge on any atom is 0.0541 e. The molecular formula is C38H28N2. The van der Waals surface area contributed by atoms with Gasteiger partial charge in [0.1, 0.15) is 0 Å². The van der Waals surface area contributed by atoms with Crippen molar-refractivity contribution in [3.8, 4) is 22.5 Å². The lowest BCUT2D eigenvalue weighted by molar-refractivity contribution is 1.10. The minimum Gasteiger partial charge on any atom is -0.309 e. The fraction of sp³-hybridized carbons (Fsp3) is 0.0526. The molecular weight excluding hydrogens is 484 g/mol. The van der Waals surface area contributed by atoms with Crippen molar-refractivity contribution in [1.29, 1.82) is 0 Å². The average Bonchev–Trinajstić information content (AvgIpc) is 3.21. The van der Waals surface area contributed by atoms with Gasteiger partial charge in [0.2, 0.25) is 0 Å². The molecule has 0 radical (unpaired) electrons. The van der Waals surface area contributed by atoms with Gasteiger partial charge in [0.25, 0.3) is 0 Å². The van der Waals surface area contributed by atoms with E-state index in [0.29, 0.717) is 0 Å². The molecule has 6 aromatic rings. The van der Waals surface area contributed by atoms with Crippen LogP contribution in [0.15, 0.2) is 121 Å². The van der Waals surface area contributed by atoms with Gasteiger partial charge in [0.05, 0.1) is 22.4 Å². The Bertz CT molecular complexity index is 1870. The molecule has 0 saturated carbocycles. The lowest BCUT2D eigenvalue weighted by atomic mass is 10.0. The Morgan fingerprint density at radius 2 is 0.800 bits per heavy atom. The number of nitrogens with zero attached hydrogens (tertiary/aromatic N) is 2. The average molecular weight is 513 g/mol. The number of hydrogen-bond donors (Lipinski definition) is 0. The van der Waals surface area contributed by atoms with Crippen molar-refractivity contribution >= 4 is 46.1 Å². The number of rotatable bonds is 3. The quantitative estimate of drug-likeness (QED) is 0.223. The largest absolute Gasteiger partial charge is 0.309 e. The maximum atomic E-state index is 2.38. The summed E-state index contributed by atoms with van der Waals surface area (Å²) < 4.78 is 4.77. The second-order valence-corrected chi connectivity index (χ2v) is 10.5. The van der Waals surface area contributed by atoms with Gasteiger partial charge in [-0.2, -0.15) is 0 Å². The molecule has 2 aromatic heterocycles. The van der Waals surface area contributed by atoms with Crippen LogP contribution in [0.4, 0.5) is 0 Å². The summed E-state index contributed by atoms with van der Waals surface area (Å²) in [6.45, 7) is 0. The first-order valence-corrected chi connectivity index (χ1v) is 14.0. The standard InChI is InChI=1S/C38H28N2/c1-3-11-31-33-13-7-9-17-37(33)39(35(31)15-5-1)29-23-19-27(20-24-29)28-21-25-30(26-22-28)40-36-16-6-2-4-12-32(36)34-14-8-10-18-38(34)40/h3-26H,1-2H2. The van der Waals surface area contributed by atoms with E-state index in [-0.39, 0.29) is 0 Å². The third-order valence-corrected chi connectivity index (χ3v) is 8.15. The van der Waals surface area contributed by atoms with Crippen LogP contribution in [-0.2, 0) is 0 Å². The zero-order valence-electron chi connectivity index (χ0n) is 22.2. The van der Waals surface area contributed by atoms with E-state index in [0.717, 1.165) is 12.8 Å². The molecule has 0 atom stereocenters. The molecule has 2 heteroatoms. The summed E-state index contributed by atoms with van der Waals surface area (Å²) in [5, 5.41) is 2.58. The van der Waals surface area contributed by atoms with E-state index in [9.17, 15) is 0 Å². The first-order valence-electron chi connectivity index (χ1n) is 14.0. The van der Waals surface area contributed by atoms with E-state index in [1.807, 2.05) is 0 Å². The Labute approximate surface area is 234 Å². The van der Waals surface area contributed by atoms with Crippen LogP contribution in [0.2, 0.25) is 0 Å². The first kappa shape index (κ1) is 22.9. The normalized spacial score (nSPS) is 13.9. The van der Waals surface area contributed by atoms with Gasteiger partial charge >= 0.3 is 0 Å². The van der Waals surface area contributed by atoms with E-state index in [1.165, 1.54) is 66.8 Å². The lowest BCUT2D eigenvalue weighted by Gasteiger charge is -2.12. The summed E-state index contributed by atoms with van der Waals surface area (Å²) in [5.41, 5.74) is 12.3. The van der Waals surface area contributed by atoms with Crippen LogP contribution in [-0.4, -0.2) is 9.13 Å². The maximum absolute atomic E-state index is 2.38. The van der Waals surface area contributed by atoms with Crippen molar-refractivity contribution in [3.05, 3.63) is 144 Å². The summed E-state index contributed by atoms with van der Waals surface area (Å²) in [4.78, 5) is 0. The van der Waals surface area contributed by atoms with E-state index in [1.54, 1.807) is 0 Å². The molecule has 0 bridgehead atoms. The zero-order chi connectivity index (χ0) is 26.5. The molecule has 0 saturated heterocycles. The molecule has 4 aromatic carbocycles. The molecule has 2 nitrogen and oxygen atoms in total. The van der Waals surface area contributed by atoms with Crippen molar-refractivity contribution in [3.63, 3.8) is 0 Å². The molecule has 2 aliphatic rings. The monoisotopic (exact) mass is 512 g/mol. The molecule has 8 rings (SSSR count). The molecule has 40 heavy (non-hydrogen) atoms. The van der Waals surface area contributed by atoms with Gasteiger partial charge in [0.15, 0.2) is 0 Å². The zero-order valence-corrected chi connectivity index (χ0v) is 22.2.